The first-order chi connectivity index (χ1) is 13.8. The highest BCUT2D eigenvalue weighted by molar-refractivity contribution is 5.94. The number of imidazole rings is 1. The summed E-state index contributed by atoms with van der Waals surface area (Å²) in [6, 6.07) is 4.73. The molecule has 0 fully saturated rings. The number of pyridine rings is 1. The molecule has 3 N–H and O–H groups in total. The Morgan fingerprint density at radius 2 is 1.97 bits per heavy atom. The van der Waals surface area contributed by atoms with Gasteiger partial charge >= 0.3 is 5.97 Å². The molecule has 0 radical (unpaired) electrons. The van der Waals surface area contributed by atoms with Crippen LogP contribution in [0.1, 0.15) is 62.1 Å². The number of nitrogens with one attached hydrogen (secondary N) is 2. The summed E-state index contributed by atoms with van der Waals surface area (Å²) in [6.45, 7) is 6.03. The number of unbranched alkanes of at least 4 members (excludes halogenated alkanes) is 2. The Kier molecular flexibility index (Phi) is 8.18. The van der Waals surface area contributed by atoms with Crippen LogP contribution in [0.4, 0.5) is 0 Å². The van der Waals surface area contributed by atoms with Crippen molar-refractivity contribution in [2.45, 2.75) is 58.9 Å². The zero-order valence-electron chi connectivity index (χ0n) is 17.3. The lowest BCUT2D eigenvalue weighted by atomic mass is 9.99. The van der Waals surface area contributed by atoms with Gasteiger partial charge in [0.15, 0.2) is 0 Å². The van der Waals surface area contributed by atoms with Crippen molar-refractivity contribution in [1.29, 1.82) is 0 Å². The first kappa shape index (κ1) is 22.4. The van der Waals surface area contributed by atoms with Gasteiger partial charge in [-0.1, -0.05) is 32.8 Å². The van der Waals surface area contributed by atoms with Crippen LogP contribution in [0.25, 0.3) is 5.65 Å². The number of rotatable bonds is 11. The van der Waals surface area contributed by atoms with E-state index in [0.717, 1.165) is 18.5 Å². The van der Waals surface area contributed by atoms with Gasteiger partial charge in [0.2, 0.25) is 5.91 Å². The number of aryl methyl sites for hydroxylation is 1. The van der Waals surface area contributed by atoms with Crippen LogP contribution >= 0.6 is 0 Å². The van der Waals surface area contributed by atoms with Crippen molar-refractivity contribution < 1.29 is 19.5 Å². The molecule has 0 saturated heterocycles. The lowest BCUT2D eigenvalue weighted by Crippen LogP contribution is -2.44. The van der Waals surface area contributed by atoms with Crippen LogP contribution in [0.2, 0.25) is 0 Å². The molecule has 2 atom stereocenters. The zero-order valence-corrected chi connectivity index (χ0v) is 17.3. The quantitative estimate of drug-likeness (QED) is 0.500. The number of amides is 2. The first-order valence-corrected chi connectivity index (χ1v) is 10.1. The molecule has 0 aliphatic heterocycles. The predicted octanol–water partition coefficient (Wildman–Crippen LogP) is 2.55. The predicted molar refractivity (Wildman–Crippen MR) is 110 cm³/mol. The van der Waals surface area contributed by atoms with Crippen LogP contribution < -0.4 is 10.6 Å². The number of hydrogen-bond acceptors (Lipinski definition) is 4. The molecule has 2 amide bonds. The van der Waals surface area contributed by atoms with Crippen LogP contribution in [0.5, 0.6) is 0 Å². The van der Waals surface area contributed by atoms with Gasteiger partial charge < -0.3 is 15.7 Å². The number of hydrogen-bond donors (Lipinski definition) is 3. The highest BCUT2D eigenvalue weighted by Gasteiger charge is 2.24. The van der Waals surface area contributed by atoms with E-state index in [9.17, 15) is 19.5 Å². The van der Waals surface area contributed by atoms with E-state index >= 15 is 0 Å². The van der Waals surface area contributed by atoms with Gasteiger partial charge in [0.1, 0.15) is 17.4 Å². The average molecular weight is 402 g/mol. The molecule has 0 aromatic carbocycles. The Labute approximate surface area is 170 Å². The van der Waals surface area contributed by atoms with Crippen LogP contribution in [0.3, 0.4) is 0 Å². The van der Waals surface area contributed by atoms with Crippen LogP contribution in [-0.4, -0.2) is 44.9 Å². The van der Waals surface area contributed by atoms with Crippen LogP contribution in [0, 0.1) is 12.8 Å². The molecule has 0 saturated carbocycles. The van der Waals surface area contributed by atoms with E-state index in [1.165, 1.54) is 0 Å². The summed E-state index contributed by atoms with van der Waals surface area (Å²) >= 11 is 0. The number of fused-ring (bicyclic) bond motifs is 1. The van der Waals surface area contributed by atoms with Gasteiger partial charge in [-0.2, -0.15) is 0 Å². The standard InChI is InChI=1S/C21H30N4O4/c1-4-14(2)18(21(28)29)24-17(26)11-6-5-8-12-22-20(27)19-15(3)23-16-10-7-9-13-25(16)19/h7,9-10,13-14,18H,4-6,8,11-12H2,1-3H3,(H,22,27)(H,24,26)(H,28,29). The minimum Gasteiger partial charge on any atom is -0.480 e. The van der Waals surface area contributed by atoms with E-state index in [4.69, 9.17) is 0 Å². The number of carbonyl (C=O) groups is 3. The summed E-state index contributed by atoms with van der Waals surface area (Å²) in [7, 11) is 0. The molecule has 2 aromatic rings. The van der Waals surface area contributed by atoms with Gasteiger partial charge in [0.25, 0.3) is 5.91 Å². The van der Waals surface area contributed by atoms with Gasteiger partial charge in [-0.15, -0.1) is 0 Å². The van der Waals surface area contributed by atoms with E-state index in [2.05, 4.69) is 15.6 Å². The van der Waals surface area contributed by atoms with Gasteiger partial charge in [-0.3, -0.25) is 14.0 Å². The van der Waals surface area contributed by atoms with Crippen molar-refractivity contribution in [3.8, 4) is 0 Å². The van der Waals surface area contributed by atoms with Crippen molar-refractivity contribution in [3.63, 3.8) is 0 Å². The third kappa shape index (κ3) is 6.04. The molecule has 2 rings (SSSR count). The molecule has 0 bridgehead atoms. The maximum Gasteiger partial charge on any atom is 0.326 e. The normalized spacial score (nSPS) is 13.1. The van der Waals surface area contributed by atoms with E-state index < -0.39 is 12.0 Å². The average Bonchev–Trinajstić information content (AvgIpc) is 3.03. The zero-order chi connectivity index (χ0) is 21.4. The highest BCUT2D eigenvalue weighted by Crippen LogP contribution is 2.12. The molecule has 8 heteroatoms. The molecular formula is C21H30N4O4. The van der Waals surface area contributed by atoms with Crippen molar-refractivity contribution >= 4 is 23.4 Å². The molecule has 2 unspecified atom stereocenters. The second-order valence-electron chi connectivity index (χ2n) is 7.31. The fourth-order valence-electron chi connectivity index (χ4n) is 3.19. The van der Waals surface area contributed by atoms with E-state index in [1.807, 2.05) is 45.2 Å². The third-order valence-electron chi connectivity index (χ3n) is 5.08. The Bertz CT molecular complexity index is 861. The number of carboxylic acid groups (broad SMARTS) is 1. The van der Waals surface area contributed by atoms with Gasteiger partial charge in [-0.05, 0) is 37.8 Å². The lowest BCUT2D eigenvalue weighted by Gasteiger charge is -2.20. The molecule has 0 aliphatic rings. The van der Waals surface area contributed by atoms with E-state index in [-0.39, 0.29) is 24.2 Å². The Morgan fingerprint density at radius 1 is 1.21 bits per heavy atom. The van der Waals surface area contributed by atoms with Gasteiger partial charge in [-0.25, -0.2) is 9.78 Å². The summed E-state index contributed by atoms with van der Waals surface area (Å²) in [5.74, 6) is -1.53. The van der Waals surface area contributed by atoms with Gasteiger partial charge in [0.05, 0.1) is 5.69 Å². The number of aromatic nitrogens is 2. The van der Waals surface area contributed by atoms with Crippen LogP contribution in [-0.2, 0) is 9.59 Å². The summed E-state index contributed by atoms with van der Waals surface area (Å²) in [6.07, 6.45) is 4.92. The van der Waals surface area contributed by atoms with Crippen molar-refractivity contribution in [2.75, 3.05) is 6.54 Å². The molecule has 0 aliphatic carbocycles. The van der Waals surface area contributed by atoms with Crippen molar-refractivity contribution in [1.82, 2.24) is 20.0 Å². The summed E-state index contributed by atoms with van der Waals surface area (Å²) in [5, 5.41) is 14.7. The molecular weight excluding hydrogens is 372 g/mol. The maximum atomic E-state index is 12.5. The largest absolute Gasteiger partial charge is 0.480 e. The fourth-order valence-corrected chi connectivity index (χ4v) is 3.19. The summed E-state index contributed by atoms with van der Waals surface area (Å²) in [4.78, 5) is 40.1. The molecule has 2 heterocycles. The smallest absolute Gasteiger partial charge is 0.326 e. The monoisotopic (exact) mass is 402 g/mol. The maximum absolute atomic E-state index is 12.5. The number of carbonyl (C=O) groups excluding carboxylic acids is 2. The SMILES string of the molecule is CCC(C)C(NC(=O)CCCCCNC(=O)c1c(C)nc2ccccn12)C(=O)O. The molecule has 29 heavy (non-hydrogen) atoms. The molecule has 2 aromatic heterocycles. The molecule has 158 valence electrons. The molecule has 8 nitrogen and oxygen atoms in total. The summed E-state index contributed by atoms with van der Waals surface area (Å²) < 4.78 is 1.77. The van der Waals surface area contributed by atoms with E-state index in [1.54, 1.807) is 4.40 Å². The number of nitrogens with zero attached hydrogens (tertiary/aromatic N) is 2. The molecule has 0 spiro atoms. The van der Waals surface area contributed by atoms with Crippen LogP contribution in [0.15, 0.2) is 24.4 Å². The Hall–Kier alpha value is -2.90. The Morgan fingerprint density at radius 3 is 2.66 bits per heavy atom. The third-order valence-corrected chi connectivity index (χ3v) is 5.08. The highest BCUT2D eigenvalue weighted by atomic mass is 16.4. The lowest BCUT2D eigenvalue weighted by molar-refractivity contribution is -0.143. The topological polar surface area (TPSA) is 113 Å². The first-order valence-electron chi connectivity index (χ1n) is 10.1. The number of aliphatic carboxylic acids is 1. The minimum atomic E-state index is -1.00. The van der Waals surface area contributed by atoms with Gasteiger partial charge in [0, 0.05) is 19.2 Å². The summed E-state index contributed by atoms with van der Waals surface area (Å²) in [5.41, 5.74) is 1.95. The second kappa shape index (κ2) is 10.6. The van der Waals surface area contributed by atoms with Crippen molar-refractivity contribution in [2.24, 2.45) is 5.92 Å². The van der Waals surface area contributed by atoms with E-state index in [0.29, 0.717) is 30.8 Å². The Balaban J connectivity index is 1.70. The number of carboxylic acids is 1. The minimum absolute atomic E-state index is 0.116. The fraction of sp³-hybridized carbons (Fsp3) is 0.524. The second-order valence-corrected chi connectivity index (χ2v) is 7.31. The van der Waals surface area contributed by atoms with Crippen molar-refractivity contribution in [3.05, 3.63) is 35.8 Å².